The van der Waals surface area contributed by atoms with Gasteiger partial charge < -0.3 is 19.7 Å². The normalized spacial score (nSPS) is 15.3. The molecule has 0 fully saturated rings. The van der Waals surface area contributed by atoms with E-state index < -0.39 is 47.9 Å². The Balaban J connectivity index is 3.53. The number of ketones is 2. The molecule has 0 aromatic heterocycles. The van der Waals surface area contributed by atoms with E-state index in [1.807, 2.05) is 0 Å². The number of benzene rings is 1. The average molecular weight is 384 g/mol. The van der Waals surface area contributed by atoms with E-state index in [9.17, 15) is 29.4 Å². The Morgan fingerprint density at radius 2 is 1.62 bits per heavy atom. The minimum absolute atomic E-state index is 0.106. The van der Waals surface area contributed by atoms with Crippen LogP contribution in [0.4, 0.5) is 0 Å². The first-order valence-electron chi connectivity index (χ1n) is 7.57. The van der Waals surface area contributed by atoms with Gasteiger partial charge in [0.1, 0.15) is 0 Å². The molecule has 0 aliphatic rings. The molecule has 8 nitrogen and oxygen atoms in total. The number of carbonyl (C=O) groups excluding carboxylic acids is 4. The van der Waals surface area contributed by atoms with Gasteiger partial charge in [-0.1, -0.05) is 18.2 Å². The van der Waals surface area contributed by atoms with E-state index in [0.717, 1.165) is 20.8 Å². The van der Waals surface area contributed by atoms with Crippen LogP contribution in [-0.4, -0.2) is 58.1 Å². The number of hydrogen-bond donors (Lipinski definition) is 3. The van der Waals surface area contributed by atoms with Gasteiger partial charge in [-0.05, 0) is 13.0 Å². The highest BCUT2D eigenvalue weighted by atomic mass is 32.1. The molecule has 0 aliphatic carbocycles. The van der Waals surface area contributed by atoms with Crippen molar-refractivity contribution in [3.05, 3.63) is 29.8 Å². The molecule has 0 bridgehead atoms. The van der Waals surface area contributed by atoms with E-state index in [2.05, 4.69) is 12.6 Å². The second-order valence-electron chi connectivity index (χ2n) is 5.53. The Morgan fingerprint density at radius 1 is 1.08 bits per heavy atom. The molecule has 3 atom stereocenters. The fourth-order valence-electron chi connectivity index (χ4n) is 2.38. The Morgan fingerprint density at radius 3 is 2.04 bits per heavy atom. The SMILES string of the molecule is CC(=O)O[C@@H](CO)[C@H](OC(C)=O)[C@](O)(C(C)=O)C(=O)c1ccccc1S. The number of esters is 2. The van der Waals surface area contributed by atoms with E-state index in [4.69, 9.17) is 9.47 Å². The van der Waals surface area contributed by atoms with Crippen LogP contribution in [0.25, 0.3) is 0 Å². The summed E-state index contributed by atoms with van der Waals surface area (Å²) in [6, 6.07) is 5.87. The number of thiol groups is 1. The summed E-state index contributed by atoms with van der Waals surface area (Å²) in [4.78, 5) is 48.0. The van der Waals surface area contributed by atoms with Gasteiger partial charge in [0, 0.05) is 24.3 Å². The van der Waals surface area contributed by atoms with Gasteiger partial charge in [0.2, 0.25) is 11.4 Å². The summed E-state index contributed by atoms with van der Waals surface area (Å²) in [7, 11) is 0. The van der Waals surface area contributed by atoms with Gasteiger partial charge in [-0.2, -0.15) is 0 Å². The summed E-state index contributed by atoms with van der Waals surface area (Å²) in [6.45, 7) is 2.01. The van der Waals surface area contributed by atoms with Gasteiger partial charge in [-0.25, -0.2) is 0 Å². The van der Waals surface area contributed by atoms with Gasteiger partial charge in [-0.3, -0.25) is 19.2 Å². The van der Waals surface area contributed by atoms with Crippen LogP contribution in [0, 0.1) is 0 Å². The number of rotatable bonds is 8. The summed E-state index contributed by atoms with van der Waals surface area (Å²) < 4.78 is 9.75. The molecule has 0 saturated heterocycles. The molecule has 26 heavy (non-hydrogen) atoms. The van der Waals surface area contributed by atoms with Crippen molar-refractivity contribution in [2.24, 2.45) is 0 Å². The molecule has 1 aromatic carbocycles. The quantitative estimate of drug-likeness (QED) is 0.253. The van der Waals surface area contributed by atoms with E-state index in [0.29, 0.717) is 0 Å². The van der Waals surface area contributed by atoms with Crippen molar-refractivity contribution in [3.63, 3.8) is 0 Å². The molecule has 0 unspecified atom stereocenters. The Kier molecular flexibility index (Phi) is 7.49. The van der Waals surface area contributed by atoms with Gasteiger partial charge >= 0.3 is 11.9 Å². The van der Waals surface area contributed by atoms with E-state index in [1.165, 1.54) is 18.2 Å². The lowest BCUT2D eigenvalue weighted by Crippen LogP contribution is -2.62. The summed E-state index contributed by atoms with van der Waals surface area (Å²) in [5.74, 6) is -3.98. The number of hydrogen-bond acceptors (Lipinski definition) is 9. The zero-order chi connectivity index (χ0) is 20.1. The third-order valence-electron chi connectivity index (χ3n) is 3.57. The number of aliphatic hydroxyl groups excluding tert-OH is 1. The fraction of sp³-hybridized carbons (Fsp3) is 0.412. The number of aliphatic hydroxyl groups is 2. The van der Waals surface area contributed by atoms with Crippen LogP contribution >= 0.6 is 12.6 Å². The van der Waals surface area contributed by atoms with Crippen molar-refractivity contribution < 1.29 is 38.9 Å². The van der Waals surface area contributed by atoms with Crippen LogP contribution in [0.5, 0.6) is 0 Å². The molecule has 142 valence electrons. The Bertz CT molecular complexity index is 716. The van der Waals surface area contributed by atoms with Gasteiger partial charge in [0.05, 0.1) is 6.61 Å². The van der Waals surface area contributed by atoms with Gasteiger partial charge in [0.25, 0.3) is 0 Å². The Labute approximate surface area is 155 Å². The summed E-state index contributed by atoms with van der Waals surface area (Å²) in [5, 5.41) is 20.4. The van der Waals surface area contributed by atoms with Crippen molar-refractivity contribution in [2.45, 2.75) is 43.5 Å². The highest BCUT2D eigenvalue weighted by Gasteiger charge is 2.55. The van der Waals surface area contributed by atoms with Gasteiger partial charge in [-0.15, -0.1) is 12.6 Å². The lowest BCUT2D eigenvalue weighted by molar-refractivity contribution is -0.188. The van der Waals surface area contributed by atoms with Crippen LogP contribution in [0.3, 0.4) is 0 Å². The monoisotopic (exact) mass is 384 g/mol. The average Bonchev–Trinajstić information content (AvgIpc) is 2.56. The molecule has 9 heteroatoms. The van der Waals surface area contributed by atoms with Crippen molar-refractivity contribution >= 4 is 36.1 Å². The van der Waals surface area contributed by atoms with Crippen molar-refractivity contribution in [1.82, 2.24) is 0 Å². The molecule has 0 saturated carbocycles. The number of ether oxygens (including phenoxy) is 2. The molecule has 0 radical (unpaired) electrons. The van der Waals surface area contributed by atoms with E-state index in [1.54, 1.807) is 6.07 Å². The van der Waals surface area contributed by atoms with Crippen LogP contribution in [0.2, 0.25) is 0 Å². The predicted molar refractivity (Wildman–Crippen MR) is 91.8 cm³/mol. The fourth-order valence-corrected chi connectivity index (χ4v) is 2.64. The third kappa shape index (κ3) is 4.69. The molecule has 1 aromatic rings. The van der Waals surface area contributed by atoms with Gasteiger partial charge in [0.15, 0.2) is 18.0 Å². The highest BCUT2D eigenvalue weighted by Crippen LogP contribution is 2.28. The minimum atomic E-state index is -2.90. The van der Waals surface area contributed by atoms with Crippen LogP contribution in [0.15, 0.2) is 29.2 Å². The molecule has 2 N–H and O–H groups in total. The zero-order valence-corrected chi connectivity index (χ0v) is 15.4. The molecular formula is C17H20O8S. The first kappa shape index (κ1) is 21.8. The molecule has 0 amide bonds. The lowest BCUT2D eigenvalue weighted by Gasteiger charge is -2.35. The topological polar surface area (TPSA) is 127 Å². The zero-order valence-electron chi connectivity index (χ0n) is 14.5. The summed E-state index contributed by atoms with van der Waals surface area (Å²) >= 11 is 4.12. The maximum absolute atomic E-state index is 12.9. The molecule has 0 aliphatic heterocycles. The van der Waals surface area contributed by atoms with Crippen LogP contribution < -0.4 is 0 Å². The van der Waals surface area contributed by atoms with E-state index >= 15 is 0 Å². The predicted octanol–water partition coefficient (Wildman–Crippen LogP) is 0.334. The lowest BCUT2D eigenvalue weighted by atomic mass is 9.81. The second-order valence-corrected chi connectivity index (χ2v) is 6.01. The number of Topliss-reactive ketones (excluding diaryl/α,β-unsaturated/α-hetero) is 2. The van der Waals surface area contributed by atoms with Crippen molar-refractivity contribution in [3.8, 4) is 0 Å². The summed E-state index contributed by atoms with van der Waals surface area (Å²) in [5.41, 5.74) is -3.00. The third-order valence-corrected chi connectivity index (χ3v) is 3.96. The first-order valence-corrected chi connectivity index (χ1v) is 8.01. The van der Waals surface area contributed by atoms with Crippen LogP contribution in [-0.2, 0) is 23.9 Å². The number of carbonyl (C=O) groups is 4. The molecule has 0 heterocycles. The second kappa shape index (κ2) is 8.93. The standard InChI is InChI=1S/C17H20O8S/c1-9(19)17(23,15(22)12-6-4-5-7-14(12)26)16(25-11(3)21)13(8-18)24-10(2)20/h4-7,13,16,18,23,26H,8H2,1-3H3/t13-,16-,17-/m0/s1. The molecular weight excluding hydrogens is 364 g/mol. The maximum Gasteiger partial charge on any atom is 0.303 e. The molecule has 0 spiro atoms. The summed E-state index contributed by atoms with van der Waals surface area (Å²) in [6.07, 6.45) is -3.59. The highest BCUT2D eigenvalue weighted by molar-refractivity contribution is 7.80. The first-order chi connectivity index (χ1) is 12.0. The smallest absolute Gasteiger partial charge is 0.303 e. The Hall–Kier alpha value is -2.23. The minimum Gasteiger partial charge on any atom is -0.456 e. The molecule has 1 rings (SSSR count). The maximum atomic E-state index is 12.9. The largest absolute Gasteiger partial charge is 0.456 e. The van der Waals surface area contributed by atoms with Crippen molar-refractivity contribution in [2.75, 3.05) is 6.61 Å². The van der Waals surface area contributed by atoms with E-state index in [-0.39, 0.29) is 10.5 Å². The van der Waals surface area contributed by atoms with Crippen LogP contribution in [0.1, 0.15) is 31.1 Å². The van der Waals surface area contributed by atoms with Crippen molar-refractivity contribution in [1.29, 1.82) is 0 Å².